The number of aryl methyl sites for hydroxylation is 1. The molecule has 4 nitrogen and oxygen atoms in total. The molecule has 0 aliphatic carbocycles. The Morgan fingerprint density at radius 2 is 2.18 bits per heavy atom. The normalized spacial score (nSPS) is 12.5. The molecule has 94 valence electrons. The first-order valence-corrected chi connectivity index (χ1v) is 7.01. The molecule has 5 heteroatoms. The Morgan fingerprint density at radius 1 is 1.53 bits per heavy atom. The van der Waals surface area contributed by atoms with Crippen LogP contribution in [0.15, 0.2) is 23.1 Å². The predicted molar refractivity (Wildman–Crippen MR) is 76.7 cm³/mol. The van der Waals surface area contributed by atoms with Crippen molar-refractivity contribution in [3.05, 3.63) is 34.2 Å². The smallest absolute Gasteiger partial charge is 0.251 e. The minimum atomic E-state index is -0.182. The quantitative estimate of drug-likeness (QED) is 0.664. The number of nitrogens with one attached hydrogen (secondary N) is 1. The maximum atomic E-state index is 11.9. The molecule has 17 heavy (non-hydrogen) atoms. The summed E-state index contributed by atoms with van der Waals surface area (Å²) in [5.41, 5.74) is 0.247. The molecule has 0 radical (unpaired) electrons. The van der Waals surface area contributed by atoms with Gasteiger partial charge in [0.1, 0.15) is 0 Å². The highest BCUT2D eigenvalue weighted by Crippen LogP contribution is 2.06. The van der Waals surface area contributed by atoms with E-state index in [0.717, 1.165) is 4.43 Å². The second-order valence-corrected chi connectivity index (χ2v) is 5.22. The number of aromatic nitrogens is 1. The standard InChI is InChI=1S/C12H17IN2O2/c1-8(2)10(7-13)14-12(17)9-4-5-15(3)11(16)6-9/h4-6,8,10H,7H2,1-3H3,(H,14,17). The highest BCUT2D eigenvalue weighted by molar-refractivity contribution is 14.1. The average molecular weight is 348 g/mol. The number of carbonyl (C=O) groups excluding carboxylic acids is 1. The fourth-order valence-electron chi connectivity index (χ4n) is 1.32. The molecule has 1 aromatic heterocycles. The molecule has 0 aromatic carbocycles. The third-order valence-electron chi connectivity index (χ3n) is 2.65. The van der Waals surface area contributed by atoms with Gasteiger partial charge in [-0.3, -0.25) is 9.59 Å². The van der Waals surface area contributed by atoms with Crippen LogP contribution in [0.25, 0.3) is 0 Å². The van der Waals surface area contributed by atoms with E-state index in [1.807, 2.05) is 0 Å². The third kappa shape index (κ3) is 3.83. The van der Waals surface area contributed by atoms with Crippen molar-refractivity contribution in [2.45, 2.75) is 19.9 Å². The first-order chi connectivity index (χ1) is 7.95. The van der Waals surface area contributed by atoms with Crippen LogP contribution in [-0.4, -0.2) is 20.9 Å². The van der Waals surface area contributed by atoms with Crippen molar-refractivity contribution in [3.8, 4) is 0 Å². The Labute approximate surface area is 115 Å². The highest BCUT2D eigenvalue weighted by atomic mass is 127. The maximum Gasteiger partial charge on any atom is 0.251 e. The van der Waals surface area contributed by atoms with Crippen molar-refractivity contribution in [2.75, 3.05) is 4.43 Å². The minimum absolute atomic E-state index is 0.132. The summed E-state index contributed by atoms with van der Waals surface area (Å²) in [7, 11) is 1.66. The van der Waals surface area contributed by atoms with Crippen LogP contribution in [-0.2, 0) is 7.05 Å². The molecule has 1 rings (SSSR count). The first-order valence-electron chi connectivity index (χ1n) is 5.49. The summed E-state index contributed by atoms with van der Waals surface area (Å²) >= 11 is 2.25. The Kier molecular flexibility index (Phi) is 5.17. The fourth-order valence-corrected chi connectivity index (χ4v) is 2.56. The monoisotopic (exact) mass is 348 g/mol. The van der Waals surface area contributed by atoms with E-state index in [-0.39, 0.29) is 17.5 Å². The summed E-state index contributed by atoms with van der Waals surface area (Å²) in [6, 6.07) is 3.15. The summed E-state index contributed by atoms with van der Waals surface area (Å²) in [5, 5.41) is 2.93. The molecule has 1 amide bonds. The summed E-state index contributed by atoms with van der Waals surface area (Å²) in [6.07, 6.45) is 1.60. The summed E-state index contributed by atoms with van der Waals surface area (Å²) in [4.78, 5) is 23.3. The Hall–Kier alpha value is -0.850. The van der Waals surface area contributed by atoms with Crippen LogP contribution in [0.2, 0.25) is 0 Å². The zero-order valence-electron chi connectivity index (χ0n) is 10.2. The summed E-state index contributed by atoms with van der Waals surface area (Å²) < 4.78 is 2.29. The number of rotatable bonds is 4. The van der Waals surface area contributed by atoms with Gasteiger partial charge in [0.2, 0.25) is 0 Å². The van der Waals surface area contributed by atoms with Gasteiger partial charge in [-0.05, 0) is 12.0 Å². The van der Waals surface area contributed by atoms with Gasteiger partial charge in [-0.25, -0.2) is 0 Å². The van der Waals surface area contributed by atoms with E-state index in [1.165, 1.54) is 10.6 Å². The Bertz CT molecular complexity index is 454. The molecule has 0 aliphatic rings. The predicted octanol–water partition coefficient (Wildman–Crippen LogP) is 1.57. The second-order valence-electron chi connectivity index (χ2n) is 4.34. The Morgan fingerprint density at radius 3 is 2.65 bits per heavy atom. The van der Waals surface area contributed by atoms with Crippen molar-refractivity contribution in [1.82, 2.24) is 9.88 Å². The molecule has 1 heterocycles. The van der Waals surface area contributed by atoms with Crippen molar-refractivity contribution in [3.63, 3.8) is 0 Å². The van der Waals surface area contributed by atoms with E-state index in [0.29, 0.717) is 11.5 Å². The lowest BCUT2D eigenvalue weighted by Gasteiger charge is -2.19. The molecular formula is C12H17IN2O2. The SMILES string of the molecule is CC(C)C(CI)NC(=O)c1ccn(C)c(=O)c1. The Balaban J connectivity index is 2.83. The average Bonchev–Trinajstić information content (AvgIpc) is 2.28. The number of hydrogen-bond acceptors (Lipinski definition) is 2. The summed E-state index contributed by atoms with van der Waals surface area (Å²) in [5.74, 6) is 0.195. The number of nitrogens with zero attached hydrogens (tertiary/aromatic N) is 1. The molecular weight excluding hydrogens is 331 g/mol. The number of alkyl halides is 1. The van der Waals surface area contributed by atoms with Gasteiger partial charge in [0.15, 0.2) is 0 Å². The lowest BCUT2D eigenvalue weighted by molar-refractivity contribution is 0.0932. The molecule has 0 fully saturated rings. The van der Waals surface area contributed by atoms with E-state index >= 15 is 0 Å². The number of hydrogen-bond donors (Lipinski definition) is 1. The zero-order chi connectivity index (χ0) is 13.0. The van der Waals surface area contributed by atoms with Gasteiger partial charge in [-0.2, -0.15) is 0 Å². The number of pyridine rings is 1. The fraction of sp³-hybridized carbons (Fsp3) is 0.500. The molecule has 1 unspecified atom stereocenters. The summed E-state index contributed by atoms with van der Waals surface area (Å²) in [6.45, 7) is 4.13. The number of amides is 1. The maximum absolute atomic E-state index is 11.9. The first kappa shape index (κ1) is 14.2. The van der Waals surface area contributed by atoms with E-state index in [9.17, 15) is 9.59 Å². The van der Waals surface area contributed by atoms with Crippen LogP contribution in [0.3, 0.4) is 0 Å². The van der Waals surface area contributed by atoms with Crippen LogP contribution in [0.5, 0.6) is 0 Å². The van der Waals surface area contributed by atoms with E-state index in [2.05, 4.69) is 41.8 Å². The van der Waals surface area contributed by atoms with Crippen LogP contribution in [0, 0.1) is 5.92 Å². The van der Waals surface area contributed by atoms with Gasteiger partial charge in [0.25, 0.3) is 11.5 Å². The second kappa shape index (κ2) is 6.18. The number of halogens is 1. The molecule has 0 spiro atoms. The van der Waals surface area contributed by atoms with Gasteiger partial charge in [0.05, 0.1) is 0 Å². The van der Waals surface area contributed by atoms with Gasteiger partial charge in [0, 0.05) is 35.3 Å². The molecule has 1 aromatic rings. The highest BCUT2D eigenvalue weighted by Gasteiger charge is 2.16. The van der Waals surface area contributed by atoms with Crippen molar-refractivity contribution in [2.24, 2.45) is 13.0 Å². The van der Waals surface area contributed by atoms with Gasteiger partial charge < -0.3 is 9.88 Å². The zero-order valence-corrected chi connectivity index (χ0v) is 12.4. The van der Waals surface area contributed by atoms with Gasteiger partial charge in [-0.15, -0.1) is 0 Å². The van der Waals surface area contributed by atoms with E-state index in [4.69, 9.17) is 0 Å². The topological polar surface area (TPSA) is 51.1 Å². The van der Waals surface area contributed by atoms with Gasteiger partial charge >= 0.3 is 0 Å². The minimum Gasteiger partial charge on any atom is -0.348 e. The number of carbonyl (C=O) groups is 1. The lowest BCUT2D eigenvalue weighted by Crippen LogP contribution is -2.40. The van der Waals surface area contributed by atoms with Crippen molar-refractivity contribution < 1.29 is 4.79 Å². The van der Waals surface area contributed by atoms with Crippen LogP contribution in [0.1, 0.15) is 24.2 Å². The lowest BCUT2D eigenvalue weighted by atomic mass is 10.1. The molecule has 0 bridgehead atoms. The molecule has 0 saturated carbocycles. The van der Waals surface area contributed by atoms with Crippen molar-refractivity contribution >= 4 is 28.5 Å². The largest absolute Gasteiger partial charge is 0.348 e. The molecule has 1 N–H and O–H groups in total. The van der Waals surface area contributed by atoms with Crippen LogP contribution < -0.4 is 10.9 Å². The molecule has 1 atom stereocenters. The van der Waals surface area contributed by atoms with E-state index < -0.39 is 0 Å². The van der Waals surface area contributed by atoms with Crippen LogP contribution in [0.4, 0.5) is 0 Å². The van der Waals surface area contributed by atoms with Crippen LogP contribution >= 0.6 is 22.6 Å². The third-order valence-corrected chi connectivity index (χ3v) is 3.60. The van der Waals surface area contributed by atoms with E-state index in [1.54, 1.807) is 19.3 Å². The molecule has 0 aliphatic heterocycles. The molecule has 0 saturated heterocycles. The van der Waals surface area contributed by atoms with Crippen molar-refractivity contribution in [1.29, 1.82) is 0 Å². The van der Waals surface area contributed by atoms with Gasteiger partial charge in [-0.1, -0.05) is 36.4 Å².